The van der Waals surface area contributed by atoms with Gasteiger partial charge >= 0.3 is 5.97 Å². The highest BCUT2D eigenvalue weighted by molar-refractivity contribution is 7.90. The summed E-state index contributed by atoms with van der Waals surface area (Å²) >= 11 is 0. The maximum absolute atomic E-state index is 12.0. The second kappa shape index (κ2) is 7.70. The summed E-state index contributed by atoms with van der Waals surface area (Å²) in [6, 6.07) is 0. The summed E-state index contributed by atoms with van der Waals surface area (Å²) in [5.74, 6) is 0.0286. The van der Waals surface area contributed by atoms with Crippen molar-refractivity contribution >= 4 is 16.0 Å². The van der Waals surface area contributed by atoms with Crippen molar-refractivity contribution in [2.24, 2.45) is 11.8 Å². The number of carbonyl (C=O) groups is 1. The van der Waals surface area contributed by atoms with Crippen LogP contribution in [-0.4, -0.2) is 43.5 Å². The van der Waals surface area contributed by atoms with Gasteiger partial charge in [0, 0.05) is 18.9 Å². The highest BCUT2D eigenvalue weighted by Crippen LogP contribution is 2.45. The van der Waals surface area contributed by atoms with Crippen LogP contribution in [0.3, 0.4) is 0 Å². The lowest BCUT2D eigenvalue weighted by atomic mass is 9.76. The summed E-state index contributed by atoms with van der Waals surface area (Å²) < 4.78 is 33.0. The number of carboxylic acid groups (broad SMARTS) is 1. The van der Waals surface area contributed by atoms with E-state index in [-0.39, 0.29) is 17.8 Å². The number of aliphatic carboxylic acids is 1. The second-order valence-electron chi connectivity index (χ2n) is 7.56. The molecule has 2 saturated heterocycles. The Balaban J connectivity index is 1.42. The summed E-state index contributed by atoms with van der Waals surface area (Å²) in [5, 5.41) is 8.48. The van der Waals surface area contributed by atoms with E-state index < -0.39 is 16.0 Å². The molecule has 3 fully saturated rings. The molecule has 3 aliphatic rings. The Morgan fingerprint density at radius 3 is 2.33 bits per heavy atom. The molecule has 138 valence electrons. The van der Waals surface area contributed by atoms with Crippen LogP contribution in [0, 0.1) is 11.8 Å². The lowest BCUT2D eigenvalue weighted by molar-refractivity contribution is -0.137. The van der Waals surface area contributed by atoms with E-state index in [1.54, 1.807) is 0 Å². The normalized spacial score (nSPS) is 32.3. The molecule has 0 spiro atoms. The minimum absolute atomic E-state index is 0.162. The molecule has 0 aromatic heterocycles. The highest BCUT2D eigenvalue weighted by Gasteiger charge is 2.48. The molecule has 4 atom stereocenters. The quantitative estimate of drug-likeness (QED) is 0.552. The Morgan fingerprint density at radius 1 is 1.00 bits per heavy atom. The first-order valence-corrected chi connectivity index (χ1v) is 10.9. The number of ether oxygens (including phenoxy) is 1. The van der Waals surface area contributed by atoms with Gasteiger partial charge in [0.1, 0.15) is 0 Å². The average molecular weight is 359 g/mol. The molecule has 1 saturated carbocycles. The van der Waals surface area contributed by atoms with Crippen LogP contribution in [0.4, 0.5) is 0 Å². The van der Waals surface area contributed by atoms with Crippen LogP contribution in [0.15, 0.2) is 0 Å². The van der Waals surface area contributed by atoms with Crippen molar-refractivity contribution in [2.45, 2.75) is 81.7 Å². The number of rotatable bonds is 11. The number of nitrogens with one attached hydrogen (secondary N) is 1. The van der Waals surface area contributed by atoms with Gasteiger partial charge in [-0.25, -0.2) is 13.1 Å². The van der Waals surface area contributed by atoms with Gasteiger partial charge in [-0.1, -0.05) is 19.3 Å². The smallest absolute Gasteiger partial charge is 0.303 e. The van der Waals surface area contributed by atoms with Gasteiger partial charge in [-0.15, -0.1) is 0 Å². The minimum Gasteiger partial charge on any atom is -0.481 e. The number of sulfonamides is 1. The Labute approximate surface area is 144 Å². The summed E-state index contributed by atoms with van der Waals surface area (Å²) in [5.41, 5.74) is 0. The maximum atomic E-state index is 12.0. The van der Waals surface area contributed by atoms with Crippen molar-refractivity contribution in [3.8, 4) is 0 Å². The summed E-state index contributed by atoms with van der Waals surface area (Å²) in [6.45, 7) is 0.518. The predicted octanol–water partition coefficient (Wildman–Crippen LogP) is 2.29. The van der Waals surface area contributed by atoms with Crippen LogP contribution in [0.25, 0.3) is 0 Å². The molecule has 0 aromatic carbocycles. The molecule has 0 aromatic rings. The predicted molar refractivity (Wildman–Crippen MR) is 90.2 cm³/mol. The van der Waals surface area contributed by atoms with E-state index in [2.05, 4.69) is 4.72 Å². The summed E-state index contributed by atoms with van der Waals surface area (Å²) in [6.07, 6.45) is 9.37. The minimum atomic E-state index is -3.12. The van der Waals surface area contributed by atoms with Gasteiger partial charge in [-0.3, -0.25) is 4.79 Å². The first kappa shape index (κ1) is 18.1. The zero-order valence-corrected chi connectivity index (χ0v) is 15.0. The molecule has 3 rings (SSSR count). The van der Waals surface area contributed by atoms with Crippen LogP contribution in [0.2, 0.25) is 0 Å². The third kappa shape index (κ3) is 4.49. The van der Waals surface area contributed by atoms with Gasteiger partial charge in [0.2, 0.25) is 10.0 Å². The van der Waals surface area contributed by atoms with Crippen molar-refractivity contribution in [1.29, 1.82) is 0 Å². The largest absolute Gasteiger partial charge is 0.481 e. The van der Waals surface area contributed by atoms with Crippen molar-refractivity contribution in [2.75, 3.05) is 6.54 Å². The van der Waals surface area contributed by atoms with Crippen molar-refractivity contribution in [3.63, 3.8) is 0 Å². The second-order valence-corrected chi connectivity index (χ2v) is 9.60. The van der Waals surface area contributed by atoms with E-state index in [4.69, 9.17) is 9.84 Å². The number of hydrogen-bond acceptors (Lipinski definition) is 4. The molecule has 2 aliphatic heterocycles. The van der Waals surface area contributed by atoms with Crippen LogP contribution < -0.4 is 4.72 Å². The molecule has 2 bridgehead atoms. The fourth-order valence-electron chi connectivity index (χ4n) is 4.27. The van der Waals surface area contributed by atoms with Crippen molar-refractivity contribution < 1.29 is 23.1 Å². The Hall–Kier alpha value is -0.660. The summed E-state index contributed by atoms with van der Waals surface area (Å²) in [7, 11) is -3.12. The lowest BCUT2D eigenvalue weighted by Crippen LogP contribution is -2.39. The number of hydrogen-bond donors (Lipinski definition) is 2. The van der Waals surface area contributed by atoms with Crippen LogP contribution in [0.5, 0.6) is 0 Å². The third-order valence-corrected chi connectivity index (χ3v) is 7.67. The molecule has 2 heterocycles. The van der Waals surface area contributed by atoms with Gasteiger partial charge < -0.3 is 9.84 Å². The first-order valence-electron chi connectivity index (χ1n) is 9.33. The number of unbranched alkanes of at least 4 members (excludes halogenated alkanes) is 3. The molecule has 0 unspecified atom stereocenters. The van der Waals surface area contributed by atoms with E-state index in [0.29, 0.717) is 24.5 Å². The topological polar surface area (TPSA) is 92.7 Å². The van der Waals surface area contributed by atoms with Gasteiger partial charge in [0.25, 0.3) is 0 Å². The van der Waals surface area contributed by atoms with E-state index >= 15 is 0 Å². The molecule has 7 heteroatoms. The lowest BCUT2D eigenvalue weighted by Gasteiger charge is -2.28. The van der Waals surface area contributed by atoms with Gasteiger partial charge in [-0.05, 0) is 44.4 Å². The molecule has 0 amide bonds. The SMILES string of the molecule is O=C(O)CCCCCC[C@H]1[C@@H](CNS(=O)(=O)C2CC2)[C@H]2CC[C@@H]1O2. The summed E-state index contributed by atoms with van der Waals surface area (Å²) in [4.78, 5) is 10.5. The molecular weight excluding hydrogens is 330 g/mol. The van der Waals surface area contributed by atoms with Crippen LogP contribution >= 0.6 is 0 Å². The van der Waals surface area contributed by atoms with Crippen LogP contribution in [0.1, 0.15) is 64.2 Å². The molecule has 1 aliphatic carbocycles. The van der Waals surface area contributed by atoms with E-state index in [9.17, 15) is 13.2 Å². The molecular formula is C17H29NO5S. The maximum Gasteiger partial charge on any atom is 0.303 e. The van der Waals surface area contributed by atoms with E-state index in [0.717, 1.165) is 57.8 Å². The highest BCUT2D eigenvalue weighted by atomic mass is 32.2. The Morgan fingerprint density at radius 2 is 1.67 bits per heavy atom. The monoisotopic (exact) mass is 359 g/mol. The van der Waals surface area contributed by atoms with E-state index in [1.165, 1.54) is 0 Å². The standard InChI is InChI=1S/C17H29NO5S/c19-17(20)6-4-2-1-3-5-13-14(16-10-9-15(13)23-16)11-18-24(21,22)12-7-8-12/h12-16,18H,1-11H2,(H,19,20)/t13-,14+,15-,16+/m0/s1. The first-order chi connectivity index (χ1) is 11.5. The average Bonchev–Trinajstić information content (AvgIpc) is 3.22. The third-order valence-electron chi connectivity index (χ3n) is 5.75. The van der Waals surface area contributed by atoms with E-state index in [1.807, 2.05) is 0 Å². The molecule has 0 radical (unpaired) electrons. The van der Waals surface area contributed by atoms with Gasteiger partial charge in [0.05, 0.1) is 17.5 Å². The molecule has 2 N–H and O–H groups in total. The molecule has 6 nitrogen and oxygen atoms in total. The Bertz CT molecular complexity index is 545. The van der Waals surface area contributed by atoms with Crippen molar-refractivity contribution in [3.05, 3.63) is 0 Å². The van der Waals surface area contributed by atoms with Gasteiger partial charge in [0.15, 0.2) is 0 Å². The molecule has 24 heavy (non-hydrogen) atoms. The zero-order valence-electron chi connectivity index (χ0n) is 14.2. The number of fused-ring (bicyclic) bond motifs is 2. The fourth-order valence-corrected chi connectivity index (χ4v) is 5.69. The van der Waals surface area contributed by atoms with Gasteiger partial charge in [-0.2, -0.15) is 0 Å². The zero-order chi connectivity index (χ0) is 17.2. The fraction of sp³-hybridized carbons (Fsp3) is 0.941. The number of carboxylic acids is 1. The van der Waals surface area contributed by atoms with Crippen LogP contribution in [-0.2, 0) is 19.6 Å². The Kier molecular flexibility index (Phi) is 5.82. The van der Waals surface area contributed by atoms with Crippen molar-refractivity contribution in [1.82, 2.24) is 4.72 Å².